The smallest absolute Gasteiger partial charge is 0.254 e. The molecule has 0 unspecified atom stereocenters. The van der Waals surface area contributed by atoms with Gasteiger partial charge in [-0.25, -0.2) is 8.78 Å². The summed E-state index contributed by atoms with van der Waals surface area (Å²) in [6, 6.07) is 15.0. The highest BCUT2D eigenvalue weighted by Crippen LogP contribution is 2.20. The van der Waals surface area contributed by atoms with Crippen molar-refractivity contribution in [2.45, 2.75) is 64.3 Å². The summed E-state index contributed by atoms with van der Waals surface area (Å²) in [6.45, 7) is 4.79. The number of nitrogens with two attached hydrogens (primary N) is 1. The van der Waals surface area contributed by atoms with Gasteiger partial charge in [0.1, 0.15) is 11.6 Å². The summed E-state index contributed by atoms with van der Waals surface area (Å²) in [7, 11) is 0. The van der Waals surface area contributed by atoms with Gasteiger partial charge in [-0.2, -0.15) is 0 Å². The average Bonchev–Trinajstić information content (AvgIpc) is 2.95. The Morgan fingerprint density at radius 2 is 1.62 bits per heavy atom. The fraction of sp³-hybridized carbons (Fsp3) is 0.394. The van der Waals surface area contributed by atoms with E-state index < -0.39 is 29.9 Å². The zero-order valence-corrected chi connectivity index (χ0v) is 24.1. The predicted molar refractivity (Wildman–Crippen MR) is 157 cm³/mol. The molecule has 3 aromatic rings. The Morgan fingerprint density at radius 3 is 2.29 bits per heavy atom. The minimum atomic E-state index is -1.19. The number of carbonyl (C=O) groups excluding carboxylic acids is 2. The van der Waals surface area contributed by atoms with Gasteiger partial charge in [0, 0.05) is 49.4 Å². The van der Waals surface area contributed by atoms with Crippen LogP contribution < -0.4 is 5.73 Å². The fourth-order valence-corrected chi connectivity index (χ4v) is 5.35. The maximum atomic E-state index is 14.0. The van der Waals surface area contributed by atoms with Gasteiger partial charge in [0.05, 0.1) is 12.2 Å². The highest BCUT2D eigenvalue weighted by atomic mass is 19.1. The second kappa shape index (κ2) is 14.0. The lowest BCUT2D eigenvalue weighted by Crippen LogP contribution is -2.46. The molecule has 2 atom stereocenters. The minimum absolute atomic E-state index is 0.0107. The van der Waals surface area contributed by atoms with Gasteiger partial charge in [-0.3, -0.25) is 9.59 Å². The Morgan fingerprint density at radius 1 is 0.976 bits per heavy atom. The molecule has 4 rings (SSSR count). The number of nitrogens with zero attached hydrogens (tertiary/aromatic N) is 2. The van der Waals surface area contributed by atoms with Crippen molar-refractivity contribution in [3.8, 4) is 0 Å². The molecule has 7 nitrogen and oxygen atoms in total. The maximum Gasteiger partial charge on any atom is 0.254 e. The van der Waals surface area contributed by atoms with Crippen molar-refractivity contribution in [2.75, 3.05) is 19.6 Å². The largest absolute Gasteiger partial charge is 0.393 e. The zero-order chi connectivity index (χ0) is 30.4. The first kappa shape index (κ1) is 31.3. The molecule has 224 valence electrons. The summed E-state index contributed by atoms with van der Waals surface area (Å²) >= 11 is 0. The van der Waals surface area contributed by atoms with Gasteiger partial charge < -0.3 is 25.7 Å². The van der Waals surface area contributed by atoms with Crippen LogP contribution in [0.25, 0.3) is 0 Å². The molecular formula is C33H39F2N3O4. The van der Waals surface area contributed by atoms with Crippen LogP contribution in [0.2, 0.25) is 0 Å². The number of rotatable bonds is 10. The Labute approximate surface area is 245 Å². The fourth-order valence-electron chi connectivity index (χ4n) is 5.35. The molecule has 0 radical (unpaired) electrons. The number of halogens is 2. The van der Waals surface area contributed by atoms with Crippen LogP contribution in [-0.2, 0) is 19.4 Å². The van der Waals surface area contributed by atoms with Gasteiger partial charge in [-0.1, -0.05) is 31.2 Å². The third-order valence-corrected chi connectivity index (χ3v) is 7.68. The van der Waals surface area contributed by atoms with E-state index >= 15 is 0 Å². The van der Waals surface area contributed by atoms with Crippen molar-refractivity contribution < 1.29 is 28.6 Å². The highest BCUT2D eigenvalue weighted by molar-refractivity contribution is 6.00. The van der Waals surface area contributed by atoms with E-state index in [-0.39, 0.29) is 31.3 Å². The van der Waals surface area contributed by atoms with E-state index in [2.05, 4.69) is 0 Å². The van der Waals surface area contributed by atoms with Gasteiger partial charge in [0.25, 0.3) is 11.8 Å². The quantitative estimate of drug-likeness (QED) is 0.337. The van der Waals surface area contributed by atoms with Crippen LogP contribution in [-0.4, -0.2) is 69.7 Å². The molecule has 1 fully saturated rings. The van der Waals surface area contributed by atoms with E-state index in [1.54, 1.807) is 23.1 Å². The molecule has 0 saturated carbocycles. The highest BCUT2D eigenvalue weighted by Gasteiger charge is 2.27. The van der Waals surface area contributed by atoms with Crippen LogP contribution in [0.15, 0.2) is 60.7 Å². The van der Waals surface area contributed by atoms with Crippen molar-refractivity contribution in [1.82, 2.24) is 9.80 Å². The molecule has 3 aromatic carbocycles. The van der Waals surface area contributed by atoms with Gasteiger partial charge >= 0.3 is 0 Å². The number of aryl methyl sites for hydroxylation is 2. The first-order chi connectivity index (χ1) is 20.0. The molecule has 0 aromatic heterocycles. The second-order valence-electron chi connectivity index (χ2n) is 11.2. The van der Waals surface area contributed by atoms with Crippen molar-refractivity contribution in [3.05, 3.63) is 106 Å². The Bertz CT molecular complexity index is 1390. The summed E-state index contributed by atoms with van der Waals surface area (Å²) < 4.78 is 27.4. The average molecular weight is 580 g/mol. The number of piperidine rings is 1. The molecule has 42 heavy (non-hydrogen) atoms. The molecule has 1 saturated heterocycles. The van der Waals surface area contributed by atoms with Gasteiger partial charge in [0.2, 0.25) is 0 Å². The van der Waals surface area contributed by atoms with Crippen molar-refractivity contribution >= 4 is 11.8 Å². The number of hydrogen-bond acceptors (Lipinski definition) is 5. The lowest BCUT2D eigenvalue weighted by Gasteiger charge is -2.30. The van der Waals surface area contributed by atoms with Crippen LogP contribution in [0.3, 0.4) is 0 Å². The predicted octanol–water partition coefficient (Wildman–Crippen LogP) is 4.01. The molecular weight excluding hydrogens is 540 g/mol. The molecule has 1 heterocycles. The van der Waals surface area contributed by atoms with E-state index in [9.17, 15) is 28.6 Å². The number of aliphatic hydroxyl groups is 2. The molecule has 2 amide bonds. The topological polar surface area (TPSA) is 107 Å². The number of hydrogen-bond donors (Lipinski definition) is 3. The van der Waals surface area contributed by atoms with Crippen molar-refractivity contribution in [2.24, 2.45) is 5.73 Å². The number of benzene rings is 3. The lowest BCUT2D eigenvalue weighted by atomic mass is 10.00. The Hall–Kier alpha value is -3.66. The standard InChI is InChI=1S/C33H39F2N3O4/c1-3-22-5-4-6-23(13-22)19-38(20-31(40)30(36)16-24-14-27(34)18-28(35)15-24)33(42)26-12-21(2)11-25(17-26)32(41)37-9-7-29(39)8-10-37/h4-6,11-15,17-18,29-31,39-40H,3,7-10,16,19-20,36H2,1-2H3/t30-,31+/m0/s1. The van der Waals surface area contributed by atoms with Crippen molar-refractivity contribution in [3.63, 3.8) is 0 Å². The van der Waals surface area contributed by atoms with Crippen LogP contribution in [0.5, 0.6) is 0 Å². The van der Waals surface area contributed by atoms with E-state index in [4.69, 9.17) is 5.73 Å². The zero-order valence-electron chi connectivity index (χ0n) is 24.1. The van der Waals surface area contributed by atoms with Crippen LogP contribution >= 0.6 is 0 Å². The van der Waals surface area contributed by atoms with Crippen molar-refractivity contribution in [1.29, 1.82) is 0 Å². The molecule has 4 N–H and O–H groups in total. The third-order valence-electron chi connectivity index (χ3n) is 7.68. The van der Waals surface area contributed by atoms with E-state index in [0.29, 0.717) is 42.6 Å². The van der Waals surface area contributed by atoms with Gasteiger partial charge in [-0.15, -0.1) is 0 Å². The van der Waals surface area contributed by atoms with E-state index in [1.807, 2.05) is 38.1 Å². The number of amides is 2. The monoisotopic (exact) mass is 579 g/mol. The number of aliphatic hydroxyl groups excluding tert-OH is 2. The summed E-state index contributed by atoms with van der Waals surface area (Å²) in [6.07, 6.45) is 0.233. The maximum absolute atomic E-state index is 14.0. The van der Waals surface area contributed by atoms with Gasteiger partial charge in [-0.05, 0) is 85.2 Å². The molecule has 1 aliphatic heterocycles. The first-order valence-electron chi connectivity index (χ1n) is 14.4. The summed E-state index contributed by atoms with van der Waals surface area (Å²) in [5.41, 5.74) is 9.94. The lowest BCUT2D eigenvalue weighted by molar-refractivity contribution is 0.0545. The summed E-state index contributed by atoms with van der Waals surface area (Å²) in [5, 5.41) is 20.9. The van der Waals surface area contributed by atoms with Gasteiger partial charge in [0.15, 0.2) is 0 Å². The molecule has 0 spiro atoms. The number of carbonyl (C=O) groups is 2. The first-order valence-corrected chi connectivity index (χ1v) is 14.4. The molecule has 9 heteroatoms. The normalized spacial score (nSPS) is 15.4. The Balaban J connectivity index is 1.58. The van der Waals surface area contributed by atoms with Crippen LogP contribution in [0.1, 0.15) is 62.7 Å². The van der Waals surface area contributed by atoms with Crippen LogP contribution in [0.4, 0.5) is 8.78 Å². The number of likely N-dealkylation sites (tertiary alicyclic amines) is 1. The molecule has 1 aliphatic rings. The Kier molecular flexibility index (Phi) is 10.4. The SMILES string of the molecule is CCc1cccc(CN(C[C@@H](O)[C@@H](N)Cc2cc(F)cc(F)c2)C(=O)c2cc(C)cc(C(=O)N3CCC(O)CC3)c2)c1. The molecule has 0 aliphatic carbocycles. The second-order valence-corrected chi connectivity index (χ2v) is 11.2. The van der Waals surface area contributed by atoms with E-state index in [1.165, 1.54) is 17.0 Å². The van der Waals surface area contributed by atoms with Crippen LogP contribution in [0, 0.1) is 18.6 Å². The summed E-state index contributed by atoms with van der Waals surface area (Å²) in [4.78, 5) is 30.4. The third kappa shape index (κ3) is 8.21. The van der Waals surface area contributed by atoms with E-state index in [0.717, 1.165) is 29.2 Å². The molecule has 0 bridgehead atoms. The minimum Gasteiger partial charge on any atom is -0.393 e. The summed E-state index contributed by atoms with van der Waals surface area (Å²) in [5.74, 6) is -2.05.